The summed E-state index contributed by atoms with van der Waals surface area (Å²) in [5, 5.41) is 17.2. The van der Waals surface area contributed by atoms with Crippen LogP contribution in [0, 0.1) is 22.7 Å². The van der Waals surface area contributed by atoms with E-state index in [4.69, 9.17) is 5.73 Å². The minimum atomic E-state index is -1.14. The van der Waals surface area contributed by atoms with Gasteiger partial charge in [0.05, 0.1) is 18.1 Å². The standard InChI is InChI=1S/C28H48N4O4/c1-6-11-19(22(33)25(35)30-16-7-2)31-24(34)21-20-18(12-15-27(20,3)4)17-32(21)26(36)23(29)28(5)13-9-8-10-14-28/h7,18-21,23-24,31,34H,2,6,8-17,29H2,1,3-5H3,(H,30,35)/t18?,19?,20-,21-,23+,24?/m0/s1. The summed E-state index contributed by atoms with van der Waals surface area (Å²) in [6.07, 6.45) is 8.69. The molecule has 5 N–H and O–H groups in total. The molecule has 3 unspecified atom stereocenters. The van der Waals surface area contributed by atoms with Gasteiger partial charge in [0.2, 0.25) is 11.7 Å². The van der Waals surface area contributed by atoms with E-state index in [0.717, 1.165) is 38.5 Å². The molecule has 204 valence electrons. The molecule has 0 radical (unpaired) electrons. The zero-order chi connectivity index (χ0) is 26.7. The fourth-order valence-corrected chi connectivity index (χ4v) is 7.10. The van der Waals surface area contributed by atoms with Crippen molar-refractivity contribution in [1.29, 1.82) is 0 Å². The number of Topliss-reactive ketones (excluding diaryl/α,β-unsaturated/α-hetero) is 1. The Morgan fingerprint density at radius 2 is 1.83 bits per heavy atom. The number of hydrogen-bond acceptors (Lipinski definition) is 6. The van der Waals surface area contributed by atoms with Crippen molar-refractivity contribution in [3.8, 4) is 0 Å². The first-order chi connectivity index (χ1) is 17.0. The van der Waals surface area contributed by atoms with E-state index in [1.54, 1.807) is 0 Å². The number of likely N-dealkylation sites (tertiary alicyclic amines) is 1. The van der Waals surface area contributed by atoms with Crippen molar-refractivity contribution in [3.05, 3.63) is 12.7 Å². The van der Waals surface area contributed by atoms with Crippen LogP contribution in [-0.4, -0.2) is 65.0 Å². The number of fused-ring (bicyclic) bond motifs is 1. The Balaban J connectivity index is 1.84. The summed E-state index contributed by atoms with van der Waals surface area (Å²) < 4.78 is 0. The van der Waals surface area contributed by atoms with E-state index in [0.29, 0.717) is 19.4 Å². The Hall–Kier alpha value is -1.77. The SMILES string of the molecule is C=CCNC(=O)C(=O)C(CCC)NC(O)[C@@H]1[C@@H]2C(CCC2(C)C)CN1C(=O)[C@@H](N)C1(C)CCCCC1. The van der Waals surface area contributed by atoms with Crippen molar-refractivity contribution in [3.63, 3.8) is 0 Å². The van der Waals surface area contributed by atoms with Crippen LogP contribution in [0.5, 0.6) is 0 Å². The molecule has 0 aromatic carbocycles. The Kier molecular flexibility index (Phi) is 9.39. The number of carbonyl (C=O) groups excluding carboxylic acids is 3. The highest BCUT2D eigenvalue weighted by atomic mass is 16.3. The molecule has 36 heavy (non-hydrogen) atoms. The van der Waals surface area contributed by atoms with Crippen LogP contribution in [0.2, 0.25) is 0 Å². The molecule has 0 aromatic rings. The van der Waals surface area contributed by atoms with Gasteiger partial charge in [0.15, 0.2) is 0 Å². The Morgan fingerprint density at radius 1 is 1.17 bits per heavy atom. The first-order valence-electron chi connectivity index (χ1n) is 13.9. The number of nitrogens with zero attached hydrogens (tertiary/aromatic N) is 1. The second-order valence-electron chi connectivity index (χ2n) is 12.3. The van der Waals surface area contributed by atoms with E-state index >= 15 is 0 Å². The molecule has 1 saturated heterocycles. The highest BCUT2D eigenvalue weighted by Gasteiger charge is 2.57. The summed E-state index contributed by atoms with van der Waals surface area (Å²) in [5.74, 6) is -1.03. The lowest BCUT2D eigenvalue weighted by molar-refractivity contribution is -0.143. The molecule has 6 atom stereocenters. The van der Waals surface area contributed by atoms with Gasteiger partial charge < -0.3 is 21.1 Å². The second kappa shape index (κ2) is 11.7. The van der Waals surface area contributed by atoms with Gasteiger partial charge >= 0.3 is 0 Å². The van der Waals surface area contributed by atoms with Gasteiger partial charge in [-0.15, -0.1) is 6.58 Å². The number of amides is 2. The number of aliphatic hydroxyl groups excluding tert-OH is 1. The monoisotopic (exact) mass is 504 g/mol. The van der Waals surface area contributed by atoms with Crippen molar-refractivity contribution in [1.82, 2.24) is 15.5 Å². The van der Waals surface area contributed by atoms with Gasteiger partial charge in [0, 0.05) is 13.1 Å². The Morgan fingerprint density at radius 3 is 2.44 bits per heavy atom. The summed E-state index contributed by atoms with van der Waals surface area (Å²) >= 11 is 0. The largest absolute Gasteiger partial charge is 0.376 e. The maximum Gasteiger partial charge on any atom is 0.289 e. The van der Waals surface area contributed by atoms with Crippen LogP contribution in [0.1, 0.15) is 85.5 Å². The summed E-state index contributed by atoms with van der Waals surface area (Å²) in [6.45, 7) is 12.8. The fourth-order valence-electron chi connectivity index (χ4n) is 7.10. The van der Waals surface area contributed by atoms with Gasteiger partial charge in [-0.3, -0.25) is 19.7 Å². The zero-order valence-corrected chi connectivity index (χ0v) is 22.7. The molecule has 2 aliphatic carbocycles. The Bertz CT molecular complexity index is 822. The minimum absolute atomic E-state index is 0.0581. The van der Waals surface area contributed by atoms with Gasteiger partial charge in [-0.25, -0.2) is 0 Å². The van der Waals surface area contributed by atoms with Gasteiger partial charge in [0.1, 0.15) is 6.23 Å². The molecule has 2 amide bonds. The molecule has 3 fully saturated rings. The van der Waals surface area contributed by atoms with Crippen molar-refractivity contribution < 1.29 is 19.5 Å². The van der Waals surface area contributed by atoms with E-state index in [1.165, 1.54) is 12.5 Å². The molecule has 0 aromatic heterocycles. The van der Waals surface area contributed by atoms with Gasteiger partial charge in [0.25, 0.3) is 5.91 Å². The Labute approximate surface area is 216 Å². The predicted octanol–water partition coefficient (Wildman–Crippen LogP) is 2.50. The van der Waals surface area contributed by atoms with Crippen molar-refractivity contribution in [2.24, 2.45) is 28.4 Å². The number of hydrogen-bond donors (Lipinski definition) is 4. The summed E-state index contributed by atoms with van der Waals surface area (Å²) in [4.78, 5) is 41.0. The zero-order valence-electron chi connectivity index (χ0n) is 22.7. The van der Waals surface area contributed by atoms with Crippen LogP contribution < -0.4 is 16.4 Å². The van der Waals surface area contributed by atoms with Gasteiger partial charge in [-0.2, -0.15) is 0 Å². The smallest absolute Gasteiger partial charge is 0.289 e. The third-order valence-corrected chi connectivity index (χ3v) is 9.24. The first kappa shape index (κ1) is 28.8. The minimum Gasteiger partial charge on any atom is -0.376 e. The lowest BCUT2D eigenvalue weighted by Gasteiger charge is -2.43. The third-order valence-electron chi connectivity index (χ3n) is 9.24. The topological polar surface area (TPSA) is 125 Å². The van der Waals surface area contributed by atoms with Crippen LogP contribution in [0.4, 0.5) is 0 Å². The highest BCUT2D eigenvalue weighted by molar-refractivity contribution is 6.38. The number of aliphatic hydroxyl groups is 1. The molecule has 8 heteroatoms. The molecule has 0 spiro atoms. The van der Waals surface area contributed by atoms with Crippen LogP contribution in [0.15, 0.2) is 12.7 Å². The third kappa shape index (κ3) is 5.86. The van der Waals surface area contributed by atoms with E-state index in [1.807, 2.05) is 11.8 Å². The van der Waals surface area contributed by atoms with Crippen LogP contribution in [0.25, 0.3) is 0 Å². The summed E-state index contributed by atoms with van der Waals surface area (Å²) in [6, 6.07) is -1.95. The number of nitrogens with two attached hydrogens (primary N) is 1. The molecule has 1 heterocycles. The number of nitrogens with one attached hydrogen (secondary N) is 2. The van der Waals surface area contributed by atoms with E-state index in [2.05, 4.69) is 38.0 Å². The quantitative estimate of drug-likeness (QED) is 0.195. The molecule has 2 saturated carbocycles. The molecule has 8 nitrogen and oxygen atoms in total. The first-order valence-corrected chi connectivity index (χ1v) is 13.9. The maximum atomic E-state index is 13.9. The fraction of sp³-hybridized carbons (Fsp3) is 0.821. The second-order valence-corrected chi connectivity index (χ2v) is 12.3. The molecule has 0 bridgehead atoms. The molecular formula is C28H48N4O4. The molecule has 1 aliphatic heterocycles. The van der Waals surface area contributed by atoms with E-state index < -0.39 is 36.0 Å². The molecule has 3 aliphatic rings. The summed E-state index contributed by atoms with van der Waals surface area (Å²) in [7, 11) is 0. The average Bonchev–Trinajstić information content (AvgIpc) is 3.38. The molecular weight excluding hydrogens is 456 g/mol. The van der Waals surface area contributed by atoms with Crippen LogP contribution >= 0.6 is 0 Å². The number of ketones is 1. The van der Waals surface area contributed by atoms with Gasteiger partial charge in [-0.05, 0) is 54.8 Å². The van der Waals surface area contributed by atoms with Crippen molar-refractivity contribution >= 4 is 17.6 Å². The van der Waals surface area contributed by atoms with Gasteiger partial charge in [-0.1, -0.05) is 59.5 Å². The lowest BCUT2D eigenvalue weighted by Crippen LogP contribution is -2.61. The predicted molar refractivity (Wildman–Crippen MR) is 141 cm³/mol. The van der Waals surface area contributed by atoms with E-state index in [-0.39, 0.29) is 35.1 Å². The number of rotatable bonds is 11. The maximum absolute atomic E-state index is 13.9. The molecule has 3 rings (SSSR count). The summed E-state index contributed by atoms with van der Waals surface area (Å²) in [5.41, 5.74) is 6.36. The van der Waals surface area contributed by atoms with Crippen LogP contribution in [0.3, 0.4) is 0 Å². The number of carbonyl (C=O) groups is 3. The average molecular weight is 505 g/mol. The normalized spacial score (nSPS) is 29.2. The lowest BCUT2D eigenvalue weighted by atomic mass is 9.70. The van der Waals surface area contributed by atoms with Crippen molar-refractivity contribution in [2.45, 2.75) is 110 Å². The van der Waals surface area contributed by atoms with E-state index in [9.17, 15) is 19.5 Å². The van der Waals surface area contributed by atoms with Crippen LogP contribution in [-0.2, 0) is 14.4 Å². The highest BCUT2D eigenvalue weighted by Crippen LogP contribution is 2.54. The van der Waals surface area contributed by atoms with Crippen molar-refractivity contribution in [2.75, 3.05) is 13.1 Å².